The zero-order chi connectivity index (χ0) is 25.9. The van der Waals surface area contributed by atoms with Gasteiger partial charge in [-0.3, -0.25) is 9.48 Å². The first-order chi connectivity index (χ1) is 17.3. The summed E-state index contributed by atoms with van der Waals surface area (Å²) in [5.74, 6) is 1.60. The van der Waals surface area contributed by atoms with Gasteiger partial charge in [0.1, 0.15) is 12.0 Å². The Morgan fingerprint density at radius 1 is 1.11 bits per heavy atom. The van der Waals surface area contributed by atoms with Crippen molar-refractivity contribution in [3.8, 4) is 22.6 Å². The second kappa shape index (κ2) is 10.6. The number of carbonyl (C=O) groups excluding carboxylic acids is 1. The van der Waals surface area contributed by atoms with Crippen LogP contribution < -0.4 is 20.3 Å². The van der Waals surface area contributed by atoms with Crippen LogP contribution in [-0.4, -0.2) is 40.9 Å². The van der Waals surface area contributed by atoms with E-state index in [-0.39, 0.29) is 11.6 Å². The molecule has 0 radical (unpaired) electrons. The van der Waals surface area contributed by atoms with Crippen LogP contribution in [0.1, 0.15) is 45.1 Å². The Morgan fingerprint density at radius 3 is 2.42 bits per heavy atom. The number of methoxy groups -OCH3 is 2. The fraction of sp³-hybridized carbons (Fsp3) is 0.464. The van der Waals surface area contributed by atoms with Gasteiger partial charge in [-0.2, -0.15) is 5.10 Å². The van der Waals surface area contributed by atoms with Gasteiger partial charge < -0.3 is 24.2 Å². The third kappa shape index (κ3) is 5.17. The van der Waals surface area contributed by atoms with E-state index in [1.165, 1.54) is 0 Å². The van der Waals surface area contributed by atoms with Crippen LogP contribution in [0.2, 0.25) is 0 Å². The lowest BCUT2D eigenvalue weighted by molar-refractivity contribution is -0.113. The van der Waals surface area contributed by atoms with Gasteiger partial charge in [-0.25, -0.2) is 0 Å². The first-order valence-corrected chi connectivity index (χ1v) is 12.5. The van der Waals surface area contributed by atoms with E-state index in [1.807, 2.05) is 49.9 Å². The highest BCUT2D eigenvalue weighted by molar-refractivity contribution is 5.70. The van der Waals surface area contributed by atoms with Gasteiger partial charge in [0.2, 0.25) is 0 Å². The van der Waals surface area contributed by atoms with Crippen LogP contribution in [0, 0.1) is 5.92 Å². The van der Waals surface area contributed by atoms with Crippen LogP contribution in [-0.2, 0) is 23.8 Å². The van der Waals surface area contributed by atoms with E-state index in [1.54, 1.807) is 23.5 Å². The number of carbonyl (C=O) groups is 1. The van der Waals surface area contributed by atoms with Crippen molar-refractivity contribution in [2.45, 2.75) is 57.5 Å². The van der Waals surface area contributed by atoms with Gasteiger partial charge in [-0.15, -0.1) is 0 Å². The maximum Gasteiger partial charge on any atom is 0.273 e. The Balaban J connectivity index is 1.57. The molecule has 1 fully saturated rings. The summed E-state index contributed by atoms with van der Waals surface area (Å²) in [5.41, 5.74) is 2.85. The molecular formula is C28H36N4O4. The summed E-state index contributed by atoms with van der Waals surface area (Å²) in [6.07, 6.45) is 9.67. The Labute approximate surface area is 212 Å². The molecule has 8 nitrogen and oxygen atoms in total. The van der Waals surface area contributed by atoms with Crippen LogP contribution >= 0.6 is 0 Å². The topological polar surface area (TPSA) is 87.4 Å². The van der Waals surface area contributed by atoms with Gasteiger partial charge in [0, 0.05) is 43.2 Å². The van der Waals surface area contributed by atoms with Gasteiger partial charge >= 0.3 is 0 Å². The van der Waals surface area contributed by atoms with Crippen LogP contribution in [0.4, 0.5) is 5.69 Å². The van der Waals surface area contributed by atoms with Gasteiger partial charge in [0.25, 0.3) is 5.56 Å². The molecular weight excluding hydrogens is 456 g/mol. The summed E-state index contributed by atoms with van der Waals surface area (Å²) in [7, 11) is 5.08. The predicted octanol–water partition coefficient (Wildman–Crippen LogP) is 4.41. The van der Waals surface area contributed by atoms with Crippen molar-refractivity contribution in [1.29, 1.82) is 0 Å². The van der Waals surface area contributed by atoms with E-state index in [4.69, 9.17) is 9.47 Å². The number of benzene rings is 1. The molecule has 4 rings (SSSR count). The molecule has 1 N–H and O–H groups in total. The van der Waals surface area contributed by atoms with E-state index in [9.17, 15) is 9.59 Å². The van der Waals surface area contributed by atoms with Crippen molar-refractivity contribution in [1.82, 2.24) is 14.3 Å². The zero-order valence-electron chi connectivity index (χ0n) is 21.8. The van der Waals surface area contributed by atoms with E-state index >= 15 is 0 Å². The van der Waals surface area contributed by atoms with E-state index < -0.39 is 5.41 Å². The number of hydrogen-bond acceptors (Lipinski definition) is 6. The molecule has 0 aliphatic heterocycles. The van der Waals surface area contributed by atoms with Gasteiger partial charge in [-0.1, -0.05) is 19.9 Å². The van der Waals surface area contributed by atoms with E-state index in [0.717, 1.165) is 35.8 Å². The molecule has 0 bridgehead atoms. The van der Waals surface area contributed by atoms with Crippen molar-refractivity contribution in [3.63, 3.8) is 0 Å². The average Bonchev–Trinajstić information content (AvgIpc) is 3.32. The van der Waals surface area contributed by atoms with E-state index in [0.29, 0.717) is 42.5 Å². The van der Waals surface area contributed by atoms with Gasteiger partial charge in [0.15, 0.2) is 11.5 Å². The average molecular weight is 493 g/mol. The summed E-state index contributed by atoms with van der Waals surface area (Å²) in [5, 5.41) is 7.80. The minimum atomic E-state index is -0.576. The molecule has 1 aromatic carbocycles. The molecule has 0 unspecified atom stereocenters. The number of anilines is 1. The molecule has 3 aromatic rings. The van der Waals surface area contributed by atoms with Crippen molar-refractivity contribution >= 4 is 12.0 Å². The van der Waals surface area contributed by atoms with Crippen LogP contribution in [0.25, 0.3) is 11.1 Å². The molecule has 1 aliphatic rings. The minimum Gasteiger partial charge on any atom is -0.493 e. The van der Waals surface area contributed by atoms with Crippen molar-refractivity contribution in [2.75, 3.05) is 19.5 Å². The van der Waals surface area contributed by atoms with Crippen molar-refractivity contribution in [3.05, 3.63) is 58.8 Å². The molecule has 0 amide bonds. The minimum absolute atomic E-state index is 0.0246. The van der Waals surface area contributed by atoms with Crippen molar-refractivity contribution in [2.24, 2.45) is 13.0 Å². The molecule has 36 heavy (non-hydrogen) atoms. The highest BCUT2D eigenvalue weighted by Gasteiger charge is 2.37. The molecule has 8 heteroatoms. The Morgan fingerprint density at radius 2 is 1.83 bits per heavy atom. The summed E-state index contributed by atoms with van der Waals surface area (Å²) in [4.78, 5) is 25.7. The third-order valence-electron chi connectivity index (χ3n) is 7.11. The summed E-state index contributed by atoms with van der Waals surface area (Å²) in [6.45, 7) is 4.84. The quantitative estimate of drug-likeness (QED) is 0.445. The number of nitrogens with one attached hydrogen (secondary N) is 1. The Hall–Kier alpha value is -3.55. The molecule has 0 saturated heterocycles. The molecule has 192 valence electrons. The predicted molar refractivity (Wildman–Crippen MR) is 141 cm³/mol. The molecule has 1 aliphatic carbocycles. The first kappa shape index (κ1) is 25.5. The third-order valence-corrected chi connectivity index (χ3v) is 7.11. The first-order valence-electron chi connectivity index (χ1n) is 12.5. The normalized spacial score (nSPS) is 19.8. The highest BCUT2D eigenvalue weighted by atomic mass is 16.5. The second-order valence-electron chi connectivity index (χ2n) is 10.2. The monoisotopic (exact) mass is 492 g/mol. The number of rotatable bonds is 9. The maximum absolute atomic E-state index is 13.3. The molecule has 2 heterocycles. The van der Waals surface area contributed by atoms with E-state index in [2.05, 4.69) is 24.3 Å². The molecule has 0 spiro atoms. The number of pyridine rings is 1. The fourth-order valence-electron chi connectivity index (χ4n) is 5.11. The second-order valence-corrected chi connectivity index (χ2v) is 10.2. The Kier molecular flexibility index (Phi) is 7.52. The lowest BCUT2D eigenvalue weighted by atomic mass is 9.69. The SMILES string of the molecule is COc1ccc(C2(C=O)CCC(Nc3cc(-c4cnn(C)c4)cn(CC(C)C)c3=O)CC2)cc1OC. The standard InChI is InChI=1S/C28H36N4O4/c1-19(2)15-32-17-20(21-14-29-31(3)16-21)12-24(27(32)34)30-23-8-10-28(18-33,11-9-23)22-6-7-25(35-4)26(13-22)36-5/h6-7,12-14,16-19,23,30H,8-11,15H2,1-5H3. The number of aromatic nitrogens is 3. The van der Waals surface area contributed by atoms with Crippen LogP contribution in [0.3, 0.4) is 0 Å². The lowest BCUT2D eigenvalue weighted by Crippen LogP contribution is -2.39. The summed E-state index contributed by atoms with van der Waals surface area (Å²) < 4.78 is 14.4. The maximum atomic E-state index is 13.3. The lowest BCUT2D eigenvalue weighted by Gasteiger charge is -2.37. The molecule has 2 aromatic heterocycles. The molecule has 1 saturated carbocycles. The van der Waals surface area contributed by atoms with Gasteiger partial charge in [0.05, 0.1) is 25.8 Å². The number of hydrogen-bond donors (Lipinski definition) is 1. The van der Waals surface area contributed by atoms with Crippen molar-refractivity contribution < 1.29 is 14.3 Å². The smallest absolute Gasteiger partial charge is 0.273 e. The van der Waals surface area contributed by atoms with Gasteiger partial charge in [-0.05, 0) is 55.4 Å². The summed E-state index contributed by atoms with van der Waals surface area (Å²) >= 11 is 0. The van der Waals surface area contributed by atoms with Crippen LogP contribution in [0.15, 0.2) is 47.7 Å². The number of ether oxygens (including phenoxy) is 2. The Bertz CT molecular complexity index is 1270. The number of nitrogens with zero attached hydrogens (tertiary/aromatic N) is 3. The number of aryl methyl sites for hydroxylation is 1. The summed E-state index contributed by atoms with van der Waals surface area (Å²) in [6, 6.07) is 7.73. The highest BCUT2D eigenvalue weighted by Crippen LogP contribution is 2.41. The largest absolute Gasteiger partial charge is 0.493 e. The fourth-order valence-corrected chi connectivity index (χ4v) is 5.11. The zero-order valence-corrected chi connectivity index (χ0v) is 21.8. The van der Waals surface area contributed by atoms with Crippen LogP contribution in [0.5, 0.6) is 11.5 Å². The molecule has 0 atom stereocenters. The number of aldehydes is 1.